The summed E-state index contributed by atoms with van der Waals surface area (Å²) >= 11 is 0. The summed E-state index contributed by atoms with van der Waals surface area (Å²) in [6.07, 6.45) is 1.53. The number of fused-ring (bicyclic) bond motifs is 1. The van der Waals surface area contributed by atoms with Crippen molar-refractivity contribution in [2.24, 2.45) is 0 Å². The zero-order valence-electron chi connectivity index (χ0n) is 13.7. The third-order valence-corrected chi connectivity index (χ3v) is 5.01. The van der Waals surface area contributed by atoms with Gasteiger partial charge < -0.3 is 14.8 Å². The molecule has 2 aromatic carbocycles. The topological polar surface area (TPSA) is 47.6 Å². The fourth-order valence-corrected chi connectivity index (χ4v) is 3.70. The Labute approximate surface area is 141 Å². The summed E-state index contributed by atoms with van der Waals surface area (Å²) in [5.41, 5.74) is 3.61. The number of carbonyl (C=O) groups excluding carboxylic acids is 1. The average Bonchev–Trinajstić information content (AvgIpc) is 3.20. The molecule has 1 saturated heterocycles. The molecule has 1 aliphatic heterocycles. The first-order valence-electron chi connectivity index (χ1n) is 8.39. The van der Waals surface area contributed by atoms with Crippen molar-refractivity contribution >= 4 is 5.91 Å². The summed E-state index contributed by atoms with van der Waals surface area (Å²) in [7, 11) is 1.75. The largest absolute Gasteiger partial charge is 0.486 e. The van der Waals surface area contributed by atoms with Crippen LogP contribution in [-0.2, 0) is 9.53 Å². The minimum atomic E-state index is 0.0201. The molecule has 2 aromatic rings. The van der Waals surface area contributed by atoms with Crippen LogP contribution in [0.15, 0.2) is 48.5 Å². The number of benzene rings is 2. The minimum absolute atomic E-state index is 0.0201. The van der Waals surface area contributed by atoms with E-state index >= 15 is 0 Å². The lowest BCUT2D eigenvalue weighted by Gasteiger charge is -2.16. The molecular formula is C20H21NO3. The molecule has 0 saturated carbocycles. The molecule has 1 fully saturated rings. The fourth-order valence-electron chi connectivity index (χ4n) is 3.70. The molecule has 1 heterocycles. The van der Waals surface area contributed by atoms with E-state index in [0.717, 1.165) is 18.7 Å². The van der Waals surface area contributed by atoms with Crippen LogP contribution in [-0.4, -0.2) is 19.6 Å². The molecule has 1 aliphatic carbocycles. The van der Waals surface area contributed by atoms with Crippen molar-refractivity contribution in [3.8, 4) is 5.75 Å². The first-order valence-corrected chi connectivity index (χ1v) is 8.39. The lowest BCUT2D eigenvalue weighted by molar-refractivity contribution is -0.119. The maximum atomic E-state index is 11.4. The van der Waals surface area contributed by atoms with Gasteiger partial charge in [0.15, 0.2) is 0 Å². The second kappa shape index (κ2) is 6.29. The Morgan fingerprint density at radius 3 is 2.33 bits per heavy atom. The van der Waals surface area contributed by atoms with E-state index in [1.54, 1.807) is 7.11 Å². The van der Waals surface area contributed by atoms with E-state index < -0.39 is 0 Å². The summed E-state index contributed by atoms with van der Waals surface area (Å²) < 4.78 is 11.8. The molecule has 0 bridgehead atoms. The molecule has 0 spiro atoms. The third-order valence-electron chi connectivity index (χ3n) is 5.01. The molecule has 0 aromatic heterocycles. The van der Waals surface area contributed by atoms with Gasteiger partial charge in [0.2, 0.25) is 5.91 Å². The number of hydrogen-bond acceptors (Lipinski definition) is 3. The highest BCUT2D eigenvalue weighted by atomic mass is 16.5. The van der Waals surface area contributed by atoms with E-state index in [-0.39, 0.29) is 24.0 Å². The average molecular weight is 323 g/mol. The van der Waals surface area contributed by atoms with Crippen LogP contribution in [0.3, 0.4) is 0 Å². The van der Waals surface area contributed by atoms with E-state index in [1.165, 1.54) is 16.7 Å². The Morgan fingerprint density at radius 1 is 1.00 bits per heavy atom. The molecule has 124 valence electrons. The van der Waals surface area contributed by atoms with Gasteiger partial charge in [-0.1, -0.05) is 36.4 Å². The van der Waals surface area contributed by atoms with Crippen LogP contribution < -0.4 is 10.1 Å². The van der Waals surface area contributed by atoms with Gasteiger partial charge in [-0.2, -0.15) is 0 Å². The maximum Gasteiger partial charge on any atom is 0.220 e. The van der Waals surface area contributed by atoms with E-state index in [2.05, 4.69) is 29.6 Å². The molecule has 3 atom stereocenters. The van der Waals surface area contributed by atoms with Crippen LogP contribution in [0.25, 0.3) is 0 Å². The number of nitrogens with one attached hydrogen (secondary N) is 1. The highest BCUT2D eigenvalue weighted by Crippen LogP contribution is 2.42. The highest BCUT2D eigenvalue weighted by molar-refractivity contribution is 5.79. The van der Waals surface area contributed by atoms with Crippen LogP contribution in [0.2, 0.25) is 0 Å². The third kappa shape index (κ3) is 2.78. The fraction of sp³-hybridized carbons (Fsp3) is 0.350. The van der Waals surface area contributed by atoms with Crippen LogP contribution >= 0.6 is 0 Å². The van der Waals surface area contributed by atoms with Crippen molar-refractivity contribution in [3.05, 3.63) is 65.2 Å². The smallest absolute Gasteiger partial charge is 0.220 e. The van der Waals surface area contributed by atoms with Crippen LogP contribution in [0.1, 0.15) is 47.7 Å². The summed E-state index contributed by atoms with van der Waals surface area (Å²) in [4.78, 5) is 11.4. The Bertz CT molecular complexity index is 741. The van der Waals surface area contributed by atoms with Crippen LogP contribution in [0.4, 0.5) is 0 Å². The van der Waals surface area contributed by atoms with Gasteiger partial charge in [-0.3, -0.25) is 4.79 Å². The quantitative estimate of drug-likeness (QED) is 0.937. The van der Waals surface area contributed by atoms with Gasteiger partial charge in [-0.25, -0.2) is 0 Å². The van der Waals surface area contributed by atoms with Crippen LogP contribution in [0, 0.1) is 0 Å². The molecule has 2 aliphatic rings. The zero-order valence-corrected chi connectivity index (χ0v) is 13.7. The number of amides is 1. The second-order valence-electron chi connectivity index (χ2n) is 6.47. The molecule has 24 heavy (non-hydrogen) atoms. The summed E-state index contributed by atoms with van der Waals surface area (Å²) in [6, 6.07) is 16.4. The van der Waals surface area contributed by atoms with Gasteiger partial charge in [-0.05, 0) is 28.8 Å². The van der Waals surface area contributed by atoms with Crippen molar-refractivity contribution in [1.29, 1.82) is 0 Å². The van der Waals surface area contributed by atoms with E-state index in [9.17, 15) is 4.79 Å². The molecular weight excluding hydrogens is 302 g/mol. The monoisotopic (exact) mass is 323 g/mol. The Kier molecular flexibility index (Phi) is 3.98. The predicted octanol–water partition coefficient (Wildman–Crippen LogP) is 3.50. The number of hydrogen-bond donors (Lipinski definition) is 1. The number of carbonyl (C=O) groups is 1. The normalized spacial score (nSPS) is 25.4. The second-order valence-corrected chi connectivity index (χ2v) is 6.47. The van der Waals surface area contributed by atoms with Gasteiger partial charge in [0.25, 0.3) is 0 Å². The standard InChI is InChI=1S/C20H21NO3/c1-23-18-11-19(17-5-3-2-4-16(17)18)24-15-8-6-13(7-9-15)14-10-20(22)21-12-14/h2-9,14,18-19H,10-12H2,1H3,(H,21,22). The summed E-state index contributed by atoms with van der Waals surface area (Å²) in [5.74, 6) is 1.26. The Morgan fingerprint density at radius 2 is 1.71 bits per heavy atom. The molecule has 4 heteroatoms. The highest BCUT2D eigenvalue weighted by Gasteiger charge is 2.32. The molecule has 4 nitrogen and oxygen atoms in total. The SMILES string of the molecule is COC1CC(Oc2ccc(C3CNC(=O)C3)cc2)c2ccccc21. The van der Waals surface area contributed by atoms with Crippen molar-refractivity contribution in [1.82, 2.24) is 5.32 Å². The van der Waals surface area contributed by atoms with Gasteiger partial charge in [0.05, 0.1) is 6.10 Å². The lowest BCUT2D eigenvalue weighted by Crippen LogP contribution is -2.13. The predicted molar refractivity (Wildman–Crippen MR) is 91.0 cm³/mol. The first-order chi connectivity index (χ1) is 11.7. The zero-order chi connectivity index (χ0) is 16.5. The van der Waals surface area contributed by atoms with Gasteiger partial charge in [-0.15, -0.1) is 0 Å². The van der Waals surface area contributed by atoms with E-state index in [0.29, 0.717) is 6.42 Å². The molecule has 4 rings (SSSR count). The van der Waals surface area contributed by atoms with E-state index in [4.69, 9.17) is 9.47 Å². The number of methoxy groups -OCH3 is 1. The van der Waals surface area contributed by atoms with Gasteiger partial charge >= 0.3 is 0 Å². The Balaban J connectivity index is 1.49. The molecule has 1 amide bonds. The van der Waals surface area contributed by atoms with Crippen molar-refractivity contribution in [2.75, 3.05) is 13.7 Å². The molecule has 1 N–H and O–H groups in total. The maximum absolute atomic E-state index is 11.4. The molecule has 0 radical (unpaired) electrons. The summed E-state index contributed by atoms with van der Waals surface area (Å²) in [5, 5.41) is 2.88. The molecule has 3 unspecified atom stereocenters. The first kappa shape index (κ1) is 15.2. The van der Waals surface area contributed by atoms with E-state index in [1.807, 2.05) is 24.3 Å². The Hall–Kier alpha value is -2.33. The van der Waals surface area contributed by atoms with Gasteiger partial charge in [0.1, 0.15) is 11.9 Å². The number of rotatable bonds is 4. The van der Waals surface area contributed by atoms with Crippen LogP contribution in [0.5, 0.6) is 5.75 Å². The lowest BCUT2D eigenvalue weighted by atomic mass is 9.98. The van der Waals surface area contributed by atoms with Crippen molar-refractivity contribution in [3.63, 3.8) is 0 Å². The van der Waals surface area contributed by atoms with Crippen molar-refractivity contribution < 1.29 is 14.3 Å². The number of ether oxygens (including phenoxy) is 2. The van der Waals surface area contributed by atoms with Gasteiger partial charge in [0, 0.05) is 32.4 Å². The van der Waals surface area contributed by atoms with Crippen molar-refractivity contribution in [2.45, 2.75) is 31.0 Å². The minimum Gasteiger partial charge on any atom is -0.486 e. The summed E-state index contributed by atoms with van der Waals surface area (Å²) in [6.45, 7) is 0.727.